The van der Waals surface area contributed by atoms with Crippen molar-refractivity contribution in [3.8, 4) is 0 Å². The highest BCUT2D eigenvalue weighted by molar-refractivity contribution is 4.84. The Hall–Kier alpha value is -0.200. The number of nitrogens with two attached hydrogens (primary N) is 1. The Morgan fingerprint density at radius 1 is 1.30 bits per heavy atom. The number of hydrogen-bond acceptors (Lipinski definition) is 5. The summed E-state index contributed by atoms with van der Waals surface area (Å²) in [6.07, 6.45) is -3.35. The van der Waals surface area contributed by atoms with Crippen molar-refractivity contribution in [2.24, 2.45) is 5.73 Å². The first-order chi connectivity index (χ1) is 4.63. The maximum atomic E-state index is 8.96. The number of aliphatic hydroxyl groups excluding tert-OH is 3. The minimum Gasteiger partial charge on any atom is -0.389 e. The van der Waals surface area contributed by atoms with Crippen LogP contribution in [0.3, 0.4) is 0 Å². The van der Waals surface area contributed by atoms with Crippen molar-refractivity contribution in [2.45, 2.75) is 24.5 Å². The molecule has 0 radical (unpaired) electrons. The molecule has 0 aliphatic carbocycles. The molecule has 1 fully saturated rings. The predicted octanol–water partition coefficient (Wildman–Crippen LogP) is -2.62. The van der Waals surface area contributed by atoms with Gasteiger partial charge in [0.2, 0.25) is 0 Å². The van der Waals surface area contributed by atoms with Crippen molar-refractivity contribution < 1.29 is 20.1 Å². The Kier molecular flexibility index (Phi) is 2.22. The van der Waals surface area contributed by atoms with Crippen LogP contribution < -0.4 is 5.73 Å². The average molecular weight is 149 g/mol. The molecule has 5 nitrogen and oxygen atoms in total. The monoisotopic (exact) mass is 149 g/mol. The van der Waals surface area contributed by atoms with Crippen LogP contribution in [0.5, 0.6) is 0 Å². The van der Waals surface area contributed by atoms with Crippen molar-refractivity contribution in [1.82, 2.24) is 0 Å². The summed E-state index contributed by atoms with van der Waals surface area (Å²) >= 11 is 0. The largest absolute Gasteiger partial charge is 0.389 e. The zero-order valence-electron chi connectivity index (χ0n) is 5.34. The van der Waals surface area contributed by atoms with Crippen LogP contribution in [0.2, 0.25) is 0 Å². The number of hydrogen-bond donors (Lipinski definition) is 4. The fraction of sp³-hybridized carbons (Fsp3) is 1.00. The quantitative estimate of drug-likeness (QED) is 0.302. The Morgan fingerprint density at radius 3 is 2.40 bits per heavy atom. The van der Waals surface area contributed by atoms with Crippen molar-refractivity contribution >= 4 is 0 Å². The van der Waals surface area contributed by atoms with E-state index in [2.05, 4.69) is 4.74 Å². The summed E-state index contributed by atoms with van der Waals surface area (Å²) in [4.78, 5) is 0. The maximum Gasteiger partial charge on any atom is 0.182 e. The zero-order chi connectivity index (χ0) is 7.72. The highest BCUT2D eigenvalue weighted by atomic mass is 16.6. The lowest BCUT2D eigenvalue weighted by Gasteiger charge is -2.32. The number of aliphatic hydroxyl groups is 3. The van der Waals surface area contributed by atoms with Gasteiger partial charge in [-0.3, -0.25) is 0 Å². The van der Waals surface area contributed by atoms with Gasteiger partial charge in [0.05, 0.1) is 18.8 Å². The van der Waals surface area contributed by atoms with Crippen LogP contribution in [0.15, 0.2) is 0 Å². The smallest absolute Gasteiger partial charge is 0.182 e. The van der Waals surface area contributed by atoms with Crippen LogP contribution in [0.4, 0.5) is 0 Å². The lowest BCUT2D eigenvalue weighted by atomic mass is 10.0. The minimum absolute atomic E-state index is 0.0284. The second kappa shape index (κ2) is 2.81. The van der Waals surface area contributed by atoms with E-state index in [1.54, 1.807) is 0 Å². The van der Waals surface area contributed by atoms with Gasteiger partial charge in [0.1, 0.15) is 6.10 Å². The first-order valence-corrected chi connectivity index (χ1v) is 3.04. The zero-order valence-corrected chi connectivity index (χ0v) is 5.34. The fourth-order valence-electron chi connectivity index (χ4n) is 0.825. The molecule has 0 aromatic carbocycles. The van der Waals surface area contributed by atoms with E-state index in [1.807, 2.05) is 0 Å². The van der Waals surface area contributed by atoms with Crippen molar-refractivity contribution in [2.75, 3.05) is 6.61 Å². The highest BCUT2D eigenvalue weighted by Gasteiger charge is 2.34. The summed E-state index contributed by atoms with van der Waals surface area (Å²) in [6, 6.07) is -0.816. The van der Waals surface area contributed by atoms with E-state index >= 15 is 0 Å². The lowest BCUT2D eigenvalue weighted by molar-refractivity contribution is -0.219. The normalized spacial score (nSPS) is 49.2. The van der Waals surface area contributed by atoms with Gasteiger partial charge in [0.25, 0.3) is 0 Å². The number of rotatable bonds is 0. The molecule has 1 saturated heterocycles. The van der Waals surface area contributed by atoms with Crippen LogP contribution in [-0.4, -0.2) is 46.5 Å². The third-order valence-electron chi connectivity index (χ3n) is 1.57. The molecule has 5 N–H and O–H groups in total. The van der Waals surface area contributed by atoms with Crippen LogP contribution in [0, 0.1) is 0 Å². The first kappa shape index (κ1) is 7.90. The van der Waals surface area contributed by atoms with Crippen LogP contribution in [0.25, 0.3) is 0 Å². The van der Waals surface area contributed by atoms with E-state index in [0.717, 1.165) is 0 Å². The van der Waals surface area contributed by atoms with E-state index in [9.17, 15) is 0 Å². The second-order valence-corrected chi connectivity index (χ2v) is 2.36. The van der Waals surface area contributed by atoms with Gasteiger partial charge >= 0.3 is 0 Å². The van der Waals surface area contributed by atoms with Crippen molar-refractivity contribution in [1.29, 1.82) is 0 Å². The minimum atomic E-state index is -1.27. The van der Waals surface area contributed by atoms with Gasteiger partial charge in [0.15, 0.2) is 6.29 Å². The number of ether oxygens (including phenoxy) is 1. The molecule has 1 aliphatic rings. The van der Waals surface area contributed by atoms with Gasteiger partial charge in [-0.25, -0.2) is 0 Å². The lowest BCUT2D eigenvalue weighted by Crippen LogP contribution is -2.57. The van der Waals surface area contributed by atoms with Crippen LogP contribution >= 0.6 is 0 Å². The van der Waals surface area contributed by atoms with Crippen LogP contribution in [0.1, 0.15) is 0 Å². The summed E-state index contributed by atoms with van der Waals surface area (Å²) in [5.41, 5.74) is 5.27. The van der Waals surface area contributed by atoms with Gasteiger partial charge in [-0.05, 0) is 0 Å². The summed E-state index contributed by atoms with van der Waals surface area (Å²) in [5, 5.41) is 26.7. The van der Waals surface area contributed by atoms with Gasteiger partial charge in [0, 0.05) is 0 Å². The molecular formula is C5H11NO4. The second-order valence-electron chi connectivity index (χ2n) is 2.36. The SMILES string of the molecule is N[C@H]1[C@@H](O)[C@@H](O)OC[C@H]1O. The van der Waals surface area contributed by atoms with E-state index in [-0.39, 0.29) is 6.61 Å². The van der Waals surface area contributed by atoms with E-state index in [4.69, 9.17) is 21.1 Å². The molecule has 10 heavy (non-hydrogen) atoms. The summed E-state index contributed by atoms with van der Waals surface area (Å²) in [7, 11) is 0. The molecule has 1 heterocycles. The van der Waals surface area contributed by atoms with Crippen LogP contribution in [-0.2, 0) is 4.74 Å². The fourth-order valence-corrected chi connectivity index (χ4v) is 0.825. The Labute approximate surface area is 58.0 Å². The molecule has 60 valence electrons. The van der Waals surface area contributed by atoms with Crippen molar-refractivity contribution in [3.05, 3.63) is 0 Å². The highest BCUT2D eigenvalue weighted by Crippen LogP contribution is 2.10. The molecule has 0 amide bonds. The average Bonchev–Trinajstić information content (AvgIpc) is 1.93. The Balaban J connectivity index is 2.52. The molecule has 1 aliphatic heterocycles. The van der Waals surface area contributed by atoms with Gasteiger partial charge in [-0.2, -0.15) is 0 Å². The first-order valence-electron chi connectivity index (χ1n) is 3.04. The molecule has 4 atom stereocenters. The molecule has 0 saturated carbocycles. The van der Waals surface area contributed by atoms with E-state index < -0.39 is 24.5 Å². The van der Waals surface area contributed by atoms with Gasteiger partial charge < -0.3 is 25.8 Å². The third kappa shape index (κ3) is 1.28. The van der Waals surface area contributed by atoms with Gasteiger partial charge in [-0.15, -0.1) is 0 Å². The molecule has 1 rings (SSSR count). The molecule has 5 heteroatoms. The molecular weight excluding hydrogens is 138 g/mol. The van der Waals surface area contributed by atoms with Crippen molar-refractivity contribution in [3.63, 3.8) is 0 Å². The predicted molar refractivity (Wildman–Crippen MR) is 31.9 cm³/mol. The molecule has 0 aromatic heterocycles. The molecule has 0 spiro atoms. The Bertz CT molecular complexity index is 106. The Morgan fingerprint density at radius 2 is 1.90 bits per heavy atom. The van der Waals surface area contributed by atoms with E-state index in [0.29, 0.717) is 0 Å². The maximum absolute atomic E-state index is 8.96. The third-order valence-corrected chi connectivity index (χ3v) is 1.57. The molecule has 0 aromatic rings. The molecule has 0 unspecified atom stereocenters. The summed E-state index contributed by atoms with van der Waals surface area (Å²) < 4.78 is 4.55. The standard InChI is InChI=1S/C5H11NO4/c6-3-2(7)1-10-5(9)4(3)8/h2-5,7-9H,1,6H2/t2-,3-,4-,5+/m1/s1. The van der Waals surface area contributed by atoms with Gasteiger partial charge in [-0.1, -0.05) is 0 Å². The topological polar surface area (TPSA) is 95.9 Å². The van der Waals surface area contributed by atoms with E-state index in [1.165, 1.54) is 0 Å². The summed E-state index contributed by atoms with van der Waals surface area (Å²) in [5.74, 6) is 0. The molecule has 0 bridgehead atoms. The summed E-state index contributed by atoms with van der Waals surface area (Å²) in [6.45, 7) is -0.0284.